The fourth-order valence-electron chi connectivity index (χ4n) is 5.68. The largest absolute Gasteiger partial charge is 0.382 e. The monoisotopic (exact) mass is 854 g/mol. The molecule has 0 aromatic carbocycles. The second-order valence-corrected chi connectivity index (χ2v) is 17.3. The van der Waals surface area contributed by atoms with Gasteiger partial charge in [-0.15, -0.1) is 0 Å². The number of ether oxygens (including phenoxy) is 12. The fraction of sp³-hybridized carbons (Fsp3) is 0.978. The van der Waals surface area contributed by atoms with E-state index in [0.717, 1.165) is 0 Å². The molecule has 0 rings (SSSR count). The van der Waals surface area contributed by atoms with Crippen LogP contribution in [0.2, 0.25) is 0 Å². The Morgan fingerprint density at radius 1 is 0.356 bits per heavy atom. The summed E-state index contributed by atoms with van der Waals surface area (Å²) in [4.78, 5) is 12.3. The van der Waals surface area contributed by atoms with Crippen molar-refractivity contribution >= 4 is 5.91 Å². The van der Waals surface area contributed by atoms with Crippen LogP contribution in [0.25, 0.3) is 0 Å². The van der Waals surface area contributed by atoms with Crippen molar-refractivity contribution in [2.75, 3.05) is 92.9 Å². The number of carbonyl (C=O) groups excluding carboxylic acids is 1. The van der Waals surface area contributed by atoms with Crippen molar-refractivity contribution < 1.29 is 61.6 Å². The van der Waals surface area contributed by atoms with Crippen LogP contribution < -0.4 is 5.32 Å². The Labute approximate surface area is 360 Å². The zero-order chi connectivity index (χ0) is 44.8. The maximum absolute atomic E-state index is 12.3. The van der Waals surface area contributed by atoms with Crippen LogP contribution in [-0.2, 0) is 61.6 Å². The summed E-state index contributed by atoms with van der Waals surface area (Å²) in [5.41, 5.74) is 0. The predicted octanol–water partition coefficient (Wildman–Crippen LogP) is 6.52. The molecule has 1 amide bonds. The maximum atomic E-state index is 12.3. The van der Waals surface area contributed by atoms with Gasteiger partial charge in [0, 0.05) is 20.1 Å². The van der Waals surface area contributed by atoms with Crippen LogP contribution >= 0.6 is 0 Å². The van der Waals surface area contributed by atoms with Crippen molar-refractivity contribution in [2.24, 2.45) is 17.8 Å². The van der Waals surface area contributed by atoms with E-state index in [0.29, 0.717) is 110 Å². The highest BCUT2D eigenvalue weighted by Gasteiger charge is 2.19. The summed E-state index contributed by atoms with van der Waals surface area (Å²) < 4.78 is 70.0. The number of hydrogen-bond acceptors (Lipinski definition) is 13. The van der Waals surface area contributed by atoms with E-state index < -0.39 is 0 Å². The van der Waals surface area contributed by atoms with E-state index in [2.05, 4.69) is 33.0 Å². The average Bonchev–Trinajstić information content (AvgIpc) is 3.18. The first-order valence-corrected chi connectivity index (χ1v) is 22.4. The van der Waals surface area contributed by atoms with Gasteiger partial charge in [0.2, 0.25) is 5.91 Å². The SMILES string of the molecule is COCC(C)OCC(C)OCC(C)OCC(C)OCC(C)OCC(C)OCC(C)OCC(C)OCC(C)OCC(C)OCC(C)OCCC(=O)NCC(C(C)C)C(C)C. The minimum atomic E-state index is -0.122. The quantitative estimate of drug-likeness (QED) is 0.0716. The smallest absolute Gasteiger partial charge is 0.222 e. The highest BCUT2D eigenvalue weighted by molar-refractivity contribution is 5.75. The van der Waals surface area contributed by atoms with Crippen LogP contribution in [0.3, 0.4) is 0 Å². The molecule has 11 atom stereocenters. The number of methoxy groups -OCH3 is 1. The molecule has 0 aliphatic heterocycles. The van der Waals surface area contributed by atoms with Gasteiger partial charge in [0.05, 0.1) is 146 Å². The molecule has 0 aliphatic rings. The van der Waals surface area contributed by atoms with Crippen LogP contribution in [0.4, 0.5) is 0 Å². The Balaban J connectivity index is 3.99. The van der Waals surface area contributed by atoms with Crippen LogP contribution in [0.15, 0.2) is 0 Å². The van der Waals surface area contributed by atoms with E-state index in [4.69, 9.17) is 56.8 Å². The molecule has 0 aromatic rings. The molecule has 354 valence electrons. The first kappa shape index (κ1) is 58.0. The number of hydrogen-bond donors (Lipinski definition) is 1. The van der Waals surface area contributed by atoms with E-state index in [9.17, 15) is 4.79 Å². The third-order valence-electron chi connectivity index (χ3n) is 9.53. The van der Waals surface area contributed by atoms with E-state index in [1.807, 2.05) is 76.2 Å². The molecular formula is C45H91NO13. The van der Waals surface area contributed by atoms with Crippen molar-refractivity contribution in [3.05, 3.63) is 0 Å². The third-order valence-corrected chi connectivity index (χ3v) is 9.53. The second-order valence-electron chi connectivity index (χ2n) is 17.3. The first-order chi connectivity index (χ1) is 27.8. The Kier molecular flexibility index (Phi) is 34.8. The normalized spacial score (nSPS) is 18.0. The molecule has 0 saturated carbocycles. The van der Waals surface area contributed by atoms with Gasteiger partial charge in [-0.25, -0.2) is 0 Å². The van der Waals surface area contributed by atoms with Crippen molar-refractivity contribution in [3.8, 4) is 0 Å². The number of amides is 1. The summed E-state index contributed by atoms with van der Waals surface area (Å²) in [6, 6.07) is 0. The summed E-state index contributed by atoms with van der Waals surface area (Å²) in [5, 5.41) is 3.05. The van der Waals surface area contributed by atoms with Gasteiger partial charge in [-0.05, 0) is 93.9 Å². The highest BCUT2D eigenvalue weighted by Crippen LogP contribution is 2.19. The Bertz CT molecular complexity index is 970. The lowest BCUT2D eigenvalue weighted by molar-refractivity contribution is -0.124. The molecule has 59 heavy (non-hydrogen) atoms. The van der Waals surface area contributed by atoms with E-state index in [1.165, 1.54) is 0 Å². The fourth-order valence-corrected chi connectivity index (χ4v) is 5.68. The number of rotatable bonds is 40. The average molecular weight is 854 g/mol. The molecule has 0 spiro atoms. The standard InChI is InChI=1S/C45H91NO13/c1-31(2)44(32(3)4)19-46-45(47)17-18-49-34(6)21-51-36(8)23-53-38(10)25-55-40(12)27-57-42(14)29-59-43(15)30-58-41(13)28-56-39(11)26-54-37(9)24-52-35(7)22-50-33(5)20-48-16/h31-44H,17-30H2,1-16H3,(H,46,47). The lowest BCUT2D eigenvalue weighted by atomic mass is 9.85. The summed E-state index contributed by atoms with van der Waals surface area (Å²) in [6.45, 7) is 36.8. The van der Waals surface area contributed by atoms with Crippen LogP contribution in [-0.4, -0.2) is 166 Å². The van der Waals surface area contributed by atoms with Crippen LogP contribution in [0, 0.1) is 17.8 Å². The lowest BCUT2D eigenvalue weighted by Gasteiger charge is -2.25. The summed E-state index contributed by atoms with van der Waals surface area (Å²) in [5.74, 6) is 1.55. The number of carbonyl (C=O) groups is 1. The van der Waals surface area contributed by atoms with E-state index >= 15 is 0 Å². The van der Waals surface area contributed by atoms with Gasteiger partial charge in [0.25, 0.3) is 0 Å². The Morgan fingerprint density at radius 3 is 0.797 bits per heavy atom. The Hall–Kier alpha value is -1.01. The zero-order valence-electron chi connectivity index (χ0n) is 40.3. The van der Waals surface area contributed by atoms with Gasteiger partial charge < -0.3 is 62.2 Å². The van der Waals surface area contributed by atoms with Crippen molar-refractivity contribution in [1.82, 2.24) is 5.32 Å². The van der Waals surface area contributed by atoms with Crippen LogP contribution in [0.5, 0.6) is 0 Å². The molecule has 0 radical (unpaired) electrons. The Morgan fingerprint density at radius 2 is 0.576 bits per heavy atom. The van der Waals surface area contributed by atoms with Crippen molar-refractivity contribution in [2.45, 2.75) is 177 Å². The third kappa shape index (κ3) is 34.2. The zero-order valence-corrected chi connectivity index (χ0v) is 40.3. The van der Waals surface area contributed by atoms with Gasteiger partial charge in [0.1, 0.15) is 0 Å². The van der Waals surface area contributed by atoms with Gasteiger partial charge in [-0.2, -0.15) is 0 Å². The molecule has 14 heteroatoms. The predicted molar refractivity (Wildman–Crippen MR) is 232 cm³/mol. The molecule has 0 bridgehead atoms. The topological polar surface area (TPSA) is 140 Å². The summed E-state index contributed by atoms with van der Waals surface area (Å²) >= 11 is 0. The minimum absolute atomic E-state index is 0.0233. The van der Waals surface area contributed by atoms with Gasteiger partial charge in [0.15, 0.2) is 0 Å². The van der Waals surface area contributed by atoms with E-state index in [-0.39, 0.29) is 73.1 Å². The molecule has 14 nitrogen and oxygen atoms in total. The minimum Gasteiger partial charge on any atom is -0.382 e. The number of nitrogens with one attached hydrogen (secondary N) is 1. The molecule has 0 fully saturated rings. The summed E-state index contributed by atoms with van der Waals surface area (Å²) in [6.07, 6.45) is -0.481. The lowest BCUT2D eigenvalue weighted by Crippen LogP contribution is -2.34. The molecule has 1 N–H and O–H groups in total. The van der Waals surface area contributed by atoms with Crippen molar-refractivity contribution in [1.29, 1.82) is 0 Å². The van der Waals surface area contributed by atoms with Gasteiger partial charge in [-0.1, -0.05) is 27.7 Å². The molecule has 0 aromatic heterocycles. The van der Waals surface area contributed by atoms with Gasteiger partial charge in [-0.3, -0.25) is 4.79 Å². The first-order valence-electron chi connectivity index (χ1n) is 22.4. The van der Waals surface area contributed by atoms with Crippen molar-refractivity contribution in [3.63, 3.8) is 0 Å². The molecule has 0 saturated heterocycles. The molecule has 0 heterocycles. The highest BCUT2D eigenvalue weighted by atomic mass is 16.6. The van der Waals surface area contributed by atoms with Gasteiger partial charge >= 0.3 is 0 Å². The van der Waals surface area contributed by atoms with Crippen LogP contribution in [0.1, 0.15) is 110 Å². The molecule has 0 aliphatic carbocycles. The summed E-state index contributed by atoms with van der Waals surface area (Å²) in [7, 11) is 1.66. The molecule has 11 unspecified atom stereocenters. The maximum Gasteiger partial charge on any atom is 0.222 e. The van der Waals surface area contributed by atoms with E-state index in [1.54, 1.807) is 7.11 Å². The molecular weight excluding hydrogens is 762 g/mol. The second kappa shape index (κ2) is 35.5.